The molecule has 0 saturated carbocycles. The molecule has 1 N–H and O–H groups in total. The van der Waals surface area contributed by atoms with Crippen molar-refractivity contribution < 1.29 is 13.9 Å². The zero-order valence-electron chi connectivity index (χ0n) is 12.9. The molecule has 122 valence electrons. The highest BCUT2D eigenvalue weighted by Crippen LogP contribution is 2.19. The summed E-state index contributed by atoms with van der Waals surface area (Å²) in [5, 5.41) is 2.86. The third kappa shape index (κ3) is 5.90. The largest absolute Gasteiger partial charge is 0.478 e. The van der Waals surface area contributed by atoms with Crippen LogP contribution in [-0.2, 0) is 11.3 Å². The first kappa shape index (κ1) is 17.3. The van der Waals surface area contributed by atoms with Crippen LogP contribution in [0.5, 0.6) is 5.88 Å². The van der Waals surface area contributed by atoms with Crippen molar-refractivity contribution >= 4 is 17.7 Å². The molecule has 1 aromatic heterocycles. The smallest absolute Gasteiger partial charge is 0.221 e. The molecule has 0 aliphatic rings. The molecule has 0 saturated heterocycles. The number of hydrogen-bond donors (Lipinski definition) is 1. The Bertz CT molecular complexity index is 635. The molecule has 1 heterocycles. The standard InChI is InChI=1S/C17H19FN2O2S/c1-2-22-17-13(4-3-10-19-17)12-20-16(21)9-11-23-15-7-5-14(18)6-8-15/h3-8,10H,2,9,11-12H2,1H3,(H,20,21). The zero-order valence-corrected chi connectivity index (χ0v) is 13.7. The number of rotatable bonds is 8. The lowest BCUT2D eigenvalue weighted by Crippen LogP contribution is -2.23. The van der Waals surface area contributed by atoms with Gasteiger partial charge in [0, 0.05) is 35.4 Å². The van der Waals surface area contributed by atoms with Crippen molar-refractivity contribution in [3.8, 4) is 5.88 Å². The maximum atomic E-state index is 12.8. The molecule has 1 amide bonds. The van der Waals surface area contributed by atoms with Crippen LogP contribution >= 0.6 is 11.8 Å². The Labute approximate surface area is 139 Å². The summed E-state index contributed by atoms with van der Waals surface area (Å²) in [7, 11) is 0. The topological polar surface area (TPSA) is 51.2 Å². The van der Waals surface area contributed by atoms with Crippen molar-refractivity contribution in [1.82, 2.24) is 10.3 Å². The molecule has 0 bridgehead atoms. The van der Waals surface area contributed by atoms with Crippen molar-refractivity contribution in [3.63, 3.8) is 0 Å². The fraction of sp³-hybridized carbons (Fsp3) is 0.294. The fourth-order valence-corrected chi connectivity index (χ4v) is 2.75. The third-order valence-electron chi connectivity index (χ3n) is 3.02. The van der Waals surface area contributed by atoms with Gasteiger partial charge in [-0.1, -0.05) is 6.07 Å². The minimum Gasteiger partial charge on any atom is -0.478 e. The number of carbonyl (C=O) groups is 1. The van der Waals surface area contributed by atoms with Crippen LogP contribution in [0.3, 0.4) is 0 Å². The van der Waals surface area contributed by atoms with Gasteiger partial charge in [0.1, 0.15) is 5.82 Å². The van der Waals surface area contributed by atoms with Crippen LogP contribution in [0.15, 0.2) is 47.5 Å². The average Bonchev–Trinajstić information content (AvgIpc) is 2.56. The highest BCUT2D eigenvalue weighted by atomic mass is 32.2. The monoisotopic (exact) mass is 334 g/mol. The molecule has 0 spiro atoms. The Morgan fingerprint density at radius 2 is 2.09 bits per heavy atom. The van der Waals surface area contributed by atoms with E-state index in [0.29, 0.717) is 31.2 Å². The number of hydrogen-bond acceptors (Lipinski definition) is 4. The normalized spacial score (nSPS) is 10.3. The Hall–Kier alpha value is -2.08. The van der Waals surface area contributed by atoms with E-state index < -0.39 is 0 Å². The Kier molecular flexibility index (Phi) is 6.87. The van der Waals surface area contributed by atoms with E-state index in [2.05, 4.69) is 10.3 Å². The summed E-state index contributed by atoms with van der Waals surface area (Å²) in [6.45, 7) is 2.82. The summed E-state index contributed by atoms with van der Waals surface area (Å²) >= 11 is 1.53. The van der Waals surface area contributed by atoms with E-state index in [1.807, 2.05) is 19.1 Å². The molecule has 0 aliphatic heterocycles. The number of benzene rings is 1. The van der Waals surface area contributed by atoms with Crippen molar-refractivity contribution in [2.24, 2.45) is 0 Å². The number of aromatic nitrogens is 1. The fourth-order valence-electron chi connectivity index (χ4n) is 1.90. The number of nitrogens with zero attached hydrogens (tertiary/aromatic N) is 1. The SMILES string of the molecule is CCOc1ncccc1CNC(=O)CCSc1ccc(F)cc1. The lowest BCUT2D eigenvalue weighted by molar-refractivity contribution is -0.120. The molecule has 2 aromatic rings. The van der Waals surface area contributed by atoms with Crippen LogP contribution in [0.1, 0.15) is 18.9 Å². The first-order valence-corrected chi connectivity index (χ1v) is 8.39. The van der Waals surface area contributed by atoms with Gasteiger partial charge < -0.3 is 10.1 Å². The van der Waals surface area contributed by atoms with Gasteiger partial charge in [0.25, 0.3) is 0 Å². The highest BCUT2D eigenvalue weighted by molar-refractivity contribution is 7.99. The van der Waals surface area contributed by atoms with E-state index in [9.17, 15) is 9.18 Å². The average molecular weight is 334 g/mol. The quantitative estimate of drug-likeness (QED) is 0.752. The van der Waals surface area contributed by atoms with Gasteiger partial charge in [-0.05, 0) is 37.3 Å². The lowest BCUT2D eigenvalue weighted by Gasteiger charge is -2.09. The van der Waals surface area contributed by atoms with E-state index in [4.69, 9.17) is 4.74 Å². The van der Waals surface area contributed by atoms with Gasteiger partial charge in [0.15, 0.2) is 0 Å². The Morgan fingerprint density at radius 1 is 1.30 bits per heavy atom. The van der Waals surface area contributed by atoms with Gasteiger partial charge in [-0.15, -0.1) is 11.8 Å². The van der Waals surface area contributed by atoms with E-state index in [1.54, 1.807) is 18.3 Å². The number of nitrogens with one attached hydrogen (secondary N) is 1. The molecule has 2 rings (SSSR count). The molecule has 1 aromatic carbocycles. The summed E-state index contributed by atoms with van der Waals surface area (Å²) in [5.74, 6) is 0.901. The number of ether oxygens (including phenoxy) is 1. The van der Waals surface area contributed by atoms with Crippen LogP contribution in [0, 0.1) is 5.82 Å². The molecular formula is C17H19FN2O2S. The maximum absolute atomic E-state index is 12.8. The first-order chi connectivity index (χ1) is 11.2. The van der Waals surface area contributed by atoms with Crippen LogP contribution < -0.4 is 10.1 Å². The molecule has 0 aliphatic carbocycles. The summed E-state index contributed by atoms with van der Waals surface area (Å²) in [6, 6.07) is 9.95. The van der Waals surface area contributed by atoms with Crippen molar-refractivity contribution in [2.75, 3.05) is 12.4 Å². The van der Waals surface area contributed by atoms with Crippen molar-refractivity contribution in [3.05, 3.63) is 54.0 Å². The van der Waals surface area contributed by atoms with Crippen LogP contribution in [0.25, 0.3) is 0 Å². The second-order valence-electron chi connectivity index (χ2n) is 4.73. The molecule has 23 heavy (non-hydrogen) atoms. The molecule has 6 heteroatoms. The maximum Gasteiger partial charge on any atom is 0.221 e. The zero-order chi connectivity index (χ0) is 16.5. The number of amides is 1. The van der Waals surface area contributed by atoms with Crippen LogP contribution in [0.2, 0.25) is 0 Å². The highest BCUT2D eigenvalue weighted by Gasteiger charge is 2.07. The van der Waals surface area contributed by atoms with Crippen LogP contribution in [-0.4, -0.2) is 23.3 Å². The lowest BCUT2D eigenvalue weighted by atomic mass is 10.2. The van der Waals surface area contributed by atoms with E-state index in [1.165, 1.54) is 23.9 Å². The predicted molar refractivity (Wildman–Crippen MR) is 89.0 cm³/mol. The van der Waals surface area contributed by atoms with Gasteiger partial charge in [0.2, 0.25) is 11.8 Å². The van der Waals surface area contributed by atoms with Gasteiger partial charge in [0.05, 0.1) is 6.61 Å². The molecule has 0 radical (unpaired) electrons. The van der Waals surface area contributed by atoms with E-state index in [0.717, 1.165) is 10.5 Å². The number of pyridine rings is 1. The molecule has 4 nitrogen and oxygen atoms in total. The van der Waals surface area contributed by atoms with Crippen LogP contribution in [0.4, 0.5) is 4.39 Å². The Morgan fingerprint density at radius 3 is 2.83 bits per heavy atom. The first-order valence-electron chi connectivity index (χ1n) is 7.40. The third-order valence-corrected chi connectivity index (χ3v) is 4.03. The minimum atomic E-state index is -0.256. The molecular weight excluding hydrogens is 315 g/mol. The molecule has 0 unspecified atom stereocenters. The van der Waals surface area contributed by atoms with Crippen molar-refractivity contribution in [1.29, 1.82) is 0 Å². The second kappa shape index (κ2) is 9.15. The summed E-state index contributed by atoms with van der Waals surface area (Å²) < 4.78 is 18.2. The summed E-state index contributed by atoms with van der Waals surface area (Å²) in [6.07, 6.45) is 2.06. The van der Waals surface area contributed by atoms with E-state index in [-0.39, 0.29) is 11.7 Å². The van der Waals surface area contributed by atoms with Crippen molar-refractivity contribution in [2.45, 2.75) is 24.8 Å². The molecule has 0 atom stereocenters. The van der Waals surface area contributed by atoms with E-state index >= 15 is 0 Å². The number of halogens is 1. The number of carbonyl (C=O) groups excluding carboxylic acids is 1. The Balaban J connectivity index is 1.74. The summed E-state index contributed by atoms with van der Waals surface area (Å²) in [5.41, 5.74) is 0.855. The minimum absolute atomic E-state index is 0.0362. The number of thioether (sulfide) groups is 1. The van der Waals surface area contributed by atoms with Gasteiger partial charge in [-0.2, -0.15) is 0 Å². The van der Waals surface area contributed by atoms with Gasteiger partial charge in [-0.25, -0.2) is 9.37 Å². The van der Waals surface area contributed by atoms with Gasteiger partial charge >= 0.3 is 0 Å². The molecule has 0 fully saturated rings. The second-order valence-corrected chi connectivity index (χ2v) is 5.90. The summed E-state index contributed by atoms with van der Waals surface area (Å²) in [4.78, 5) is 17.0. The van der Waals surface area contributed by atoms with Gasteiger partial charge in [-0.3, -0.25) is 4.79 Å². The predicted octanol–water partition coefficient (Wildman–Crippen LogP) is 3.42.